The molecule has 0 aliphatic rings. The van der Waals surface area contributed by atoms with Gasteiger partial charge in [0.2, 0.25) is 5.91 Å². The summed E-state index contributed by atoms with van der Waals surface area (Å²) in [5.41, 5.74) is 0.661. The number of thiazole rings is 1. The third kappa shape index (κ3) is 4.52. The van der Waals surface area contributed by atoms with E-state index in [0.29, 0.717) is 18.0 Å². The quantitative estimate of drug-likeness (QED) is 0.908. The lowest BCUT2D eigenvalue weighted by molar-refractivity contribution is -0.121. The minimum Gasteiger partial charge on any atom is -0.355 e. The molecule has 5 nitrogen and oxygen atoms in total. The molecule has 118 valence electrons. The molecular weight excluding hydrogens is 286 g/mol. The number of hydrogen-bond acceptors (Lipinski definition) is 4. The molecule has 1 N–H and O–H groups in total. The average Bonchev–Trinajstić information content (AvgIpc) is 2.77. The topological polar surface area (TPSA) is 62.3 Å². The summed E-state index contributed by atoms with van der Waals surface area (Å²) in [5.74, 6) is -0.250. The van der Waals surface area contributed by atoms with Crippen LogP contribution in [0.4, 0.5) is 0 Å². The lowest BCUT2D eigenvalue weighted by atomic mass is 9.98. The first kappa shape index (κ1) is 17.6. The molecule has 0 saturated heterocycles. The minimum absolute atomic E-state index is 0.0788. The number of nitrogens with zero attached hydrogens (tertiary/aromatic N) is 2. The zero-order chi connectivity index (χ0) is 16.2. The normalized spacial score (nSPS) is 11.3. The molecule has 1 heterocycles. The first-order valence-electron chi connectivity index (χ1n) is 7.24. The maximum absolute atomic E-state index is 12.6. The van der Waals surface area contributed by atoms with Crippen LogP contribution in [-0.2, 0) is 10.2 Å². The molecule has 0 aromatic carbocycles. The summed E-state index contributed by atoms with van der Waals surface area (Å²) in [7, 11) is 0. The molecule has 0 fully saturated rings. The fourth-order valence-corrected chi connectivity index (χ4v) is 2.90. The van der Waals surface area contributed by atoms with Crippen molar-refractivity contribution in [2.75, 3.05) is 19.6 Å². The summed E-state index contributed by atoms with van der Waals surface area (Å²) in [6.45, 7) is 13.0. The summed E-state index contributed by atoms with van der Waals surface area (Å²) in [4.78, 5) is 31.0. The Kier molecular flexibility index (Phi) is 5.89. The van der Waals surface area contributed by atoms with Crippen LogP contribution in [0.3, 0.4) is 0 Å². The first-order chi connectivity index (χ1) is 9.70. The number of carbonyl (C=O) groups excluding carboxylic acids is 2. The van der Waals surface area contributed by atoms with E-state index in [0.717, 1.165) is 10.7 Å². The Morgan fingerprint density at radius 1 is 1.29 bits per heavy atom. The van der Waals surface area contributed by atoms with E-state index < -0.39 is 0 Å². The van der Waals surface area contributed by atoms with Crippen LogP contribution >= 0.6 is 11.3 Å². The van der Waals surface area contributed by atoms with E-state index in [4.69, 9.17) is 0 Å². The number of nitrogens with one attached hydrogen (secondary N) is 1. The fraction of sp³-hybridized carbons (Fsp3) is 0.667. The Hall–Kier alpha value is -1.43. The summed E-state index contributed by atoms with van der Waals surface area (Å²) in [6.07, 6.45) is 0. The molecule has 0 aliphatic heterocycles. The van der Waals surface area contributed by atoms with Gasteiger partial charge >= 0.3 is 0 Å². The summed E-state index contributed by atoms with van der Waals surface area (Å²) in [5, 5.41) is 3.66. The Bertz CT molecular complexity index is 517. The van der Waals surface area contributed by atoms with E-state index in [1.54, 1.807) is 4.90 Å². The number of hydrogen-bond donors (Lipinski definition) is 1. The van der Waals surface area contributed by atoms with Gasteiger partial charge in [-0.2, -0.15) is 0 Å². The summed E-state index contributed by atoms with van der Waals surface area (Å²) < 4.78 is 0. The molecule has 0 unspecified atom stereocenters. The standard InChI is InChI=1S/C15H25N3O2S/c1-7-16-11(19)9-18(8-2)13(20)12-10(3)17-14(21-12)15(4,5)6/h7-9H2,1-6H3,(H,16,19). The Morgan fingerprint density at radius 2 is 1.90 bits per heavy atom. The zero-order valence-electron chi connectivity index (χ0n) is 13.7. The molecule has 2 amide bonds. The second-order valence-electron chi connectivity index (χ2n) is 5.96. The van der Waals surface area contributed by atoms with Crippen LogP contribution in [0, 0.1) is 6.92 Å². The van der Waals surface area contributed by atoms with Crippen LogP contribution in [-0.4, -0.2) is 41.3 Å². The maximum Gasteiger partial charge on any atom is 0.266 e. The largest absolute Gasteiger partial charge is 0.355 e. The Balaban J connectivity index is 2.95. The van der Waals surface area contributed by atoms with Crippen LogP contribution in [0.15, 0.2) is 0 Å². The third-order valence-corrected chi connectivity index (χ3v) is 4.58. The molecule has 0 aliphatic carbocycles. The number of aromatic nitrogens is 1. The van der Waals surface area contributed by atoms with Gasteiger partial charge in [0.15, 0.2) is 0 Å². The van der Waals surface area contributed by atoms with Gasteiger partial charge in [0.25, 0.3) is 5.91 Å². The van der Waals surface area contributed by atoms with Gasteiger partial charge < -0.3 is 10.2 Å². The second kappa shape index (κ2) is 7.02. The molecule has 0 spiro atoms. The van der Waals surface area contributed by atoms with Crippen LogP contribution in [0.5, 0.6) is 0 Å². The van der Waals surface area contributed by atoms with E-state index in [-0.39, 0.29) is 23.8 Å². The van der Waals surface area contributed by atoms with Gasteiger partial charge in [0.05, 0.1) is 17.2 Å². The van der Waals surface area contributed by atoms with Gasteiger partial charge in [-0.1, -0.05) is 20.8 Å². The lowest BCUT2D eigenvalue weighted by Gasteiger charge is -2.19. The van der Waals surface area contributed by atoms with Gasteiger partial charge in [0.1, 0.15) is 4.88 Å². The van der Waals surface area contributed by atoms with Crippen LogP contribution in [0.1, 0.15) is 55.0 Å². The van der Waals surface area contributed by atoms with Crippen molar-refractivity contribution in [3.05, 3.63) is 15.6 Å². The molecule has 0 radical (unpaired) electrons. The van der Waals surface area contributed by atoms with E-state index in [9.17, 15) is 9.59 Å². The molecule has 21 heavy (non-hydrogen) atoms. The molecular formula is C15H25N3O2S. The number of amides is 2. The van der Waals surface area contributed by atoms with Crippen molar-refractivity contribution in [1.29, 1.82) is 0 Å². The first-order valence-corrected chi connectivity index (χ1v) is 8.06. The van der Waals surface area contributed by atoms with Gasteiger partial charge in [-0.15, -0.1) is 11.3 Å². The molecule has 1 aromatic rings. The smallest absolute Gasteiger partial charge is 0.266 e. The van der Waals surface area contributed by atoms with Crippen LogP contribution in [0.2, 0.25) is 0 Å². The molecule has 1 aromatic heterocycles. The highest BCUT2D eigenvalue weighted by Gasteiger charge is 2.26. The second-order valence-corrected chi connectivity index (χ2v) is 6.96. The minimum atomic E-state index is -0.133. The third-order valence-electron chi connectivity index (χ3n) is 3.01. The van der Waals surface area contributed by atoms with E-state index in [1.807, 2.05) is 20.8 Å². The summed E-state index contributed by atoms with van der Waals surface area (Å²) in [6, 6.07) is 0. The predicted octanol–water partition coefficient (Wildman–Crippen LogP) is 2.35. The lowest BCUT2D eigenvalue weighted by Crippen LogP contribution is -2.40. The van der Waals surface area contributed by atoms with Crippen LogP contribution in [0.25, 0.3) is 0 Å². The van der Waals surface area contributed by atoms with E-state index in [2.05, 4.69) is 31.1 Å². The van der Waals surface area contributed by atoms with E-state index >= 15 is 0 Å². The Morgan fingerprint density at radius 3 is 2.33 bits per heavy atom. The van der Waals surface area contributed by atoms with Crippen molar-refractivity contribution in [3.8, 4) is 0 Å². The fourth-order valence-electron chi connectivity index (χ4n) is 1.81. The van der Waals surface area contributed by atoms with Gasteiger partial charge in [-0.25, -0.2) is 4.98 Å². The molecule has 0 atom stereocenters. The SMILES string of the molecule is CCNC(=O)CN(CC)C(=O)c1sc(C(C)(C)C)nc1C. The van der Waals surface area contributed by atoms with Gasteiger partial charge in [-0.3, -0.25) is 9.59 Å². The molecule has 1 rings (SSSR count). The molecule has 0 saturated carbocycles. The highest BCUT2D eigenvalue weighted by molar-refractivity contribution is 7.14. The maximum atomic E-state index is 12.6. The van der Waals surface area contributed by atoms with Crippen molar-refractivity contribution in [1.82, 2.24) is 15.2 Å². The Labute approximate surface area is 130 Å². The van der Waals surface area contributed by atoms with Gasteiger partial charge in [-0.05, 0) is 20.8 Å². The number of aryl methyl sites for hydroxylation is 1. The van der Waals surface area contributed by atoms with Gasteiger partial charge in [0, 0.05) is 18.5 Å². The zero-order valence-corrected chi connectivity index (χ0v) is 14.6. The predicted molar refractivity (Wildman–Crippen MR) is 85.8 cm³/mol. The van der Waals surface area contributed by atoms with Crippen molar-refractivity contribution >= 4 is 23.2 Å². The van der Waals surface area contributed by atoms with Crippen LogP contribution < -0.4 is 5.32 Å². The molecule has 0 bridgehead atoms. The number of rotatable bonds is 5. The highest BCUT2D eigenvalue weighted by atomic mass is 32.1. The average molecular weight is 311 g/mol. The number of carbonyl (C=O) groups is 2. The van der Waals surface area contributed by atoms with E-state index in [1.165, 1.54) is 11.3 Å². The van der Waals surface area contributed by atoms with Crippen molar-refractivity contribution in [2.24, 2.45) is 0 Å². The molecule has 6 heteroatoms. The number of likely N-dealkylation sites (N-methyl/N-ethyl adjacent to an activating group) is 2. The highest BCUT2D eigenvalue weighted by Crippen LogP contribution is 2.29. The van der Waals surface area contributed by atoms with Crippen molar-refractivity contribution < 1.29 is 9.59 Å². The monoisotopic (exact) mass is 311 g/mol. The van der Waals surface area contributed by atoms with Crippen molar-refractivity contribution in [3.63, 3.8) is 0 Å². The van der Waals surface area contributed by atoms with Crippen molar-refractivity contribution in [2.45, 2.75) is 47.0 Å². The summed E-state index contributed by atoms with van der Waals surface area (Å²) >= 11 is 1.42.